The van der Waals surface area contributed by atoms with Crippen molar-refractivity contribution < 1.29 is 0 Å². The van der Waals surface area contributed by atoms with Crippen molar-refractivity contribution in [3.63, 3.8) is 0 Å². The molecule has 1 saturated carbocycles. The van der Waals surface area contributed by atoms with Crippen LogP contribution in [0.4, 0.5) is 0 Å². The number of rotatable bonds is 4. The van der Waals surface area contributed by atoms with Gasteiger partial charge in [0.1, 0.15) is 5.01 Å². The fraction of sp³-hybridized carbons (Fsp3) is 0.800. The minimum absolute atomic E-state index is 0.163. The van der Waals surface area contributed by atoms with Crippen LogP contribution in [-0.4, -0.2) is 36.1 Å². The van der Waals surface area contributed by atoms with E-state index in [0.717, 1.165) is 12.5 Å². The third-order valence-corrected chi connectivity index (χ3v) is 5.75. The molecule has 0 spiro atoms. The van der Waals surface area contributed by atoms with Gasteiger partial charge in [-0.3, -0.25) is 0 Å². The predicted molar refractivity (Wildman–Crippen MR) is 80.8 cm³/mol. The second-order valence-corrected chi connectivity index (χ2v) is 7.38. The van der Waals surface area contributed by atoms with Crippen molar-refractivity contribution in [2.75, 3.05) is 20.1 Å². The molecule has 1 saturated heterocycles. The summed E-state index contributed by atoms with van der Waals surface area (Å²) >= 11 is 1.92. The molecule has 2 fully saturated rings. The first-order chi connectivity index (χ1) is 9.13. The standard InChI is InChI=1S/C15H25N3S/c1-4-13-11(2)19-14(16-13)15(17-12-5-6-12)7-9-18(3)10-8-15/h12,17H,4-10H2,1-3H3. The summed E-state index contributed by atoms with van der Waals surface area (Å²) in [5.41, 5.74) is 1.46. The van der Waals surface area contributed by atoms with Gasteiger partial charge in [-0.25, -0.2) is 4.98 Å². The van der Waals surface area contributed by atoms with Crippen LogP contribution < -0.4 is 5.32 Å². The van der Waals surface area contributed by atoms with Crippen molar-refractivity contribution in [3.05, 3.63) is 15.6 Å². The van der Waals surface area contributed by atoms with Gasteiger partial charge in [-0.2, -0.15) is 0 Å². The molecule has 3 nitrogen and oxygen atoms in total. The van der Waals surface area contributed by atoms with Crippen LogP contribution in [0.25, 0.3) is 0 Å². The van der Waals surface area contributed by atoms with Gasteiger partial charge in [-0.1, -0.05) is 6.92 Å². The lowest BCUT2D eigenvalue weighted by Crippen LogP contribution is -2.51. The smallest absolute Gasteiger partial charge is 0.113 e. The molecule has 0 unspecified atom stereocenters. The zero-order valence-electron chi connectivity index (χ0n) is 12.3. The van der Waals surface area contributed by atoms with E-state index in [-0.39, 0.29) is 5.54 Å². The Morgan fingerprint density at radius 2 is 2.05 bits per heavy atom. The fourth-order valence-electron chi connectivity index (χ4n) is 3.00. The summed E-state index contributed by atoms with van der Waals surface area (Å²) in [4.78, 5) is 8.82. The van der Waals surface area contributed by atoms with Crippen molar-refractivity contribution in [1.82, 2.24) is 15.2 Å². The van der Waals surface area contributed by atoms with E-state index in [2.05, 4.69) is 31.1 Å². The van der Waals surface area contributed by atoms with Crippen molar-refractivity contribution in [2.45, 2.75) is 57.5 Å². The lowest BCUT2D eigenvalue weighted by atomic mass is 9.88. The van der Waals surface area contributed by atoms with Crippen LogP contribution in [0, 0.1) is 6.92 Å². The normalized spacial score (nSPS) is 23.7. The third-order valence-electron chi connectivity index (χ3n) is 4.54. The maximum Gasteiger partial charge on any atom is 0.113 e. The number of hydrogen-bond donors (Lipinski definition) is 1. The van der Waals surface area contributed by atoms with E-state index >= 15 is 0 Å². The van der Waals surface area contributed by atoms with E-state index in [4.69, 9.17) is 4.98 Å². The van der Waals surface area contributed by atoms with Crippen LogP contribution in [-0.2, 0) is 12.0 Å². The Morgan fingerprint density at radius 1 is 1.37 bits per heavy atom. The van der Waals surface area contributed by atoms with Crippen LogP contribution in [0.5, 0.6) is 0 Å². The van der Waals surface area contributed by atoms with E-state index in [0.29, 0.717) is 0 Å². The molecule has 106 valence electrons. The van der Waals surface area contributed by atoms with Gasteiger partial charge >= 0.3 is 0 Å². The minimum atomic E-state index is 0.163. The van der Waals surface area contributed by atoms with Crippen molar-refractivity contribution in [1.29, 1.82) is 0 Å². The van der Waals surface area contributed by atoms with Crippen LogP contribution in [0.2, 0.25) is 0 Å². The van der Waals surface area contributed by atoms with Gasteiger partial charge in [-0.05, 0) is 46.1 Å². The maximum atomic E-state index is 4.97. The summed E-state index contributed by atoms with van der Waals surface area (Å²) in [5.74, 6) is 0. The summed E-state index contributed by atoms with van der Waals surface area (Å²) < 4.78 is 0. The molecule has 1 aromatic rings. The molecule has 0 amide bonds. The Kier molecular flexibility index (Phi) is 3.67. The van der Waals surface area contributed by atoms with Gasteiger partial charge < -0.3 is 10.2 Å². The number of nitrogens with one attached hydrogen (secondary N) is 1. The second kappa shape index (κ2) is 5.15. The minimum Gasteiger partial charge on any atom is -0.306 e. The first kappa shape index (κ1) is 13.5. The van der Waals surface area contributed by atoms with Crippen molar-refractivity contribution >= 4 is 11.3 Å². The van der Waals surface area contributed by atoms with Crippen molar-refractivity contribution in [3.8, 4) is 0 Å². The highest BCUT2D eigenvalue weighted by molar-refractivity contribution is 7.11. The summed E-state index contributed by atoms with van der Waals surface area (Å²) in [5, 5.41) is 5.28. The zero-order valence-corrected chi connectivity index (χ0v) is 13.1. The molecule has 1 aliphatic heterocycles. The zero-order chi connectivity index (χ0) is 13.5. The monoisotopic (exact) mass is 279 g/mol. The largest absolute Gasteiger partial charge is 0.306 e. The van der Waals surface area contributed by atoms with Crippen molar-refractivity contribution in [2.24, 2.45) is 0 Å². The molecule has 19 heavy (non-hydrogen) atoms. The fourth-order valence-corrected chi connectivity index (χ4v) is 4.21. The number of aryl methyl sites for hydroxylation is 2. The number of piperidine rings is 1. The first-order valence-corrected chi connectivity index (χ1v) is 8.37. The van der Waals surface area contributed by atoms with E-state index < -0.39 is 0 Å². The summed E-state index contributed by atoms with van der Waals surface area (Å²) in [7, 11) is 2.23. The van der Waals surface area contributed by atoms with Gasteiger partial charge in [0.05, 0.1) is 11.2 Å². The number of likely N-dealkylation sites (tertiary alicyclic amines) is 1. The van der Waals surface area contributed by atoms with Gasteiger partial charge in [0.15, 0.2) is 0 Å². The predicted octanol–water partition coefficient (Wildman–Crippen LogP) is 2.69. The number of hydrogen-bond acceptors (Lipinski definition) is 4. The summed E-state index contributed by atoms with van der Waals surface area (Å²) in [6.45, 7) is 6.79. The number of aromatic nitrogens is 1. The Morgan fingerprint density at radius 3 is 2.58 bits per heavy atom. The Hall–Kier alpha value is -0.450. The Bertz CT molecular complexity index is 442. The topological polar surface area (TPSA) is 28.2 Å². The SMILES string of the molecule is CCc1nc(C2(NC3CC3)CCN(C)CC2)sc1C. The van der Waals surface area contributed by atoms with E-state index in [9.17, 15) is 0 Å². The lowest BCUT2D eigenvalue weighted by molar-refractivity contribution is 0.154. The third kappa shape index (κ3) is 2.71. The van der Waals surface area contributed by atoms with Gasteiger partial charge in [0, 0.05) is 24.0 Å². The van der Waals surface area contributed by atoms with E-state index in [1.807, 2.05) is 11.3 Å². The molecule has 0 radical (unpaired) electrons. The first-order valence-electron chi connectivity index (χ1n) is 7.56. The molecule has 0 bridgehead atoms. The quantitative estimate of drug-likeness (QED) is 0.918. The molecule has 3 rings (SSSR count). The Balaban J connectivity index is 1.88. The molecule has 4 heteroatoms. The van der Waals surface area contributed by atoms with Gasteiger partial charge in [0.2, 0.25) is 0 Å². The van der Waals surface area contributed by atoms with Crippen LogP contribution in [0.3, 0.4) is 0 Å². The summed E-state index contributed by atoms with van der Waals surface area (Å²) in [6.07, 6.45) is 6.17. The lowest BCUT2D eigenvalue weighted by Gasteiger charge is -2.40. The average molecular weight is 279 g/mol. The average Bonchev–Trinajstić information content (AvgIpc) is 3.13. The summed E-state index contributed by atoms with van der Waals surface area (Å²) in [6, 6.07) is 0.748. The molecule has 2 aliphatic rings. The van der Waals surface area contributed by atoms with Gasteiger partial charge in [0.25, 0.3) is 0 Å². The molecule has 1 aromatic heterocycles. The second-order valence-electron chi connectivity index (χ2n) is 6.18. The maximum absolute atomic E-state index is 4.97. The van der Waals surface area contributed by atoms with E-state index in [1.165, 1.54) is 54.4 Å². The highest BCUT2D eigenvalue weighted by atomic mass is 32.1. The van der Waals surface area contributed by atoms with Crippen LogP contribution in [0.1, 0.15) is 48.2 Å². The highest BCUT2D eigenvalue weighted by Gasteiger charge is 2.42. The number of thiazole rings is 1. The molecule has 1 aliphatic carbocycles. The molecule has 0 aromatic carbocycles. The molecular weight excluding hydrogens is 254 g/mol. The molecule has 0 atom stereocenters. The van der Waals surface area contributed by atoms with Crippen LogP contribution in [0.15, 0.2) is 0 Å². The van der Waals surface area contributed by atoms with Gasteiger partial charge in [-0.15, -0.1) is 11.3 Å². The Labute approximate surface area is 120 Å². The van der Waals surface area contributed by atoms with E-state index in [1.54, 1.807) is 0 Å². The van der Waals surface area contributed by atoms with Crippen LogP contribution >= 0.6 is 11.3 Å². The molecule has 2 heterocycles. The number of nitrogens with zero attached hydrogens (tertiary/aromatic N) is 2. The molecular formula is C15H25N3S. The molecule has 1 N–H and O–H groups in total. The highest BCUT2D eigenvalue weighted by Crippen LogP contribution is 2.39.